The van der Waals surface area contributed by atoms with Crippen LogP contribution in [0.1, 0.15) is 25.7 Å². The Morgan fingerprint density at radius 3 is 2.61 bits per heavy atom. The highest BCUT2D eigenvalue weighted by molar-refractivity contribution is 5.57. The van der Waals surface area contributed by atoms with Gasteiger partial charge in [-0.1, -0.05) is 18.6 Å². The molecule has 18 heavy (non-hydrogen) atoms. The monoisotopic (exact) mass is 248 g/mol. The molecule has 0 radical (unpaired) electrons. The molecule has 0 spiro atoms. The van der Waals surface area contributed by atoms with Crippen LogP contribution in [0.3, 0.4) is 0 Å². The molecule has 1 aromatic rings. The molecule has 1 saturated carbocycles. The highest BCUT2D eigenvalue weighted by atomic mass is 16.5. The summed E-state index contributed by atoms with van der Waals surface area (Å²) in [6, 6.07) is 8.17. The van der Waals surface area contributed by atoms with Crippen LogP contribution in [-0.2, 0) is 0 Å². The fourth-order valence-electron chi connectivity index (χ4n) is 2.70. The van der Waals surface area contributed by atoms with E-state index >= 15 is 0 Å². The van der Waals surface area contributed by atoms with Gasteiger partial charge in [-0.2, -0.15) is 0 Å². The Balaban J connectivity index is 1.97. The number of methoxy groups -OCH3 is 1. The van der Waals surface area contributed by atoms with Gasteiger partial charge in [0.25, 0.3) is 0 Å². The van der Waals surface area contributed by atoms with Crippen molar-refractivity contribution in [2.24, 2.45) is 11.1 Å². The van der Waals surface area contributed by atoms with E-state index in [0.717, 1.165) is 24.5 Å². The molecule has 1 fully saturated rings. The average Bonchev–Trinajstić information content (AvgIpc) is 2.37. The van der Waals surface area contributed by atoms with E-state index in [4.69, 9.17) is 10.5 Å². The van der Waals surface area contributed by atoms with Gasteiger partial charge in [0.05, 0.1) is 12.8 Å². The van der Waals surface area contributed by atoms with Crippen LogP contribution in [0.5, 0.6) is 5.75 Å². The molecule has 0 bridgehead atoms. The van der Waals surface area contributed by atoms with E-state index in [2.05, 4.69) is 24.1 Å². The first-order chi connectivity index (χ1) is 8.71. The van der Waals surface area contributed by atoms with E-state index in [1.54, 1.807) is 7.11 Å². The smallest absolute Gasteiger partial charge is 0.142 e. The topological polar surface area (TPSA) is 38.5 Å². The molecule has 1 aliphatic rings. The molecule has 1 aliphatic carbocycles. The maximum absolute atomic E-state index is 5.91. The summed E-state index contributed by atoms with van der Waals surface area (Å²) in [4.78, 5) is 2.27. The summed E-state index contributed by atoms with van der Waals surface area (Å²) < 4.78 is 5.40. The predicted molar refractivity (Wildman–Crippen MR) is 76.2 cm³/mol. The first-order valence-corrected chi connectivity index (χ1v) is 6.75. The Hall–Kier alpha value is -1.22. The van der Waals surface area contributed by atoms with Gasteiger partial charge in [-0.25, -0.2) is 0 Å². The zero-order valence-corrected chi connectivity index (χ0v) is 11.5. The summed E-state index contributed by atoms with van der Waals surface area (Å²) in [7, 11) is 3.85. The Bertz CT molecular complexity index is 382. The van der Waals surface area contributed by atoms with E-state index in [1.165, 1.54) is 25.7 Å². The van der Waals surface area contributed by atoms with Gasteiger partial charge in [-0.3, -0.25) is 0 Å². The summed E-state index contributed by atoms with van der Waals surface area (Å²) >= 11 is 0. The van der Waals surface area contributed by atoms with E-state index in [0.29, 0.717) is 5.41 Å². The van der Waals surface area contributed by atoms with Gasteiger partial charge in [0.2, 0.25) is 0 Å². The van der Waals surface area contributed by atoms with Gasteiger partial charge in [0.1, 0.15) is 5.75 Å². The maximum atomic E-state index is 5.91. The molecule has 0 aromatic heterocycles. The second-order valence-electron chi connectivity index (χ2n) is 5.40. The molecular weight excluding hydrogens is 224 g/mol. The van der Waals surface area contributed by atoms with Crippen LogP contribution >= 0.6 is 0 Å². The number of para-hydroxylation sites is 2. The summed E-state index contributed by atoms with van der Waals surface area (Å²) in [6.45, 7) is 1.87. The first kappa shape index (κ1) is 13.2. The minimum absolute atomic E-state index is 0.413. The highest BCUT2D eigenvalue weighted by Crippen LogP contribution is 2.43. The van der Waals surface area contributed by atoms with Gasteiger partial charge in [-0.05, 0) is 43.4 Å². The predicted octanol–water partition coefficient (Wildman–Crippen LogP) is 2.65. The largest absolute Gasteiger partial charge is 0.495 e. The van der Waals surface area contributed by atoms with Crippen molar-refractivity contribution in [1.82, 2.24) is 0 Å². The first-order valence-electron chi connectivity index (χ1n) is 6.75. The van der Waals surface area contributed by atoms with E-state index < -0.39 is 0 Å². The summed E-state index contributed by atoms with van der Waals surface area (Å²) in [6.07, 6.45) is 5.11. The van der Waals surface area contributed by atoms with Crippen molar-refractivity contribution in [2.45, 2.75) is 25.7 Å². The SMILES string of the molecule is COc1ccccc1N(C)CCC1(CN)CCC1. The quantitative estimate of drug-likeness (QED) is 0.841. The third-order valence-corrected chi connectivity index (χ3v) is 4.32. The summed E-state index contributed by atoms with van der Waals surface area (Å²) in [5.74, 6) is 0.940. The Morgan fingerprint density at radius 1 is 1.33 bits per heavy atom. The molecule has 0 atom stereocenters. The van der Waals surface area contributed by atoms with Gasteiger partial charge in [0, 0.05) is 13.6 Å². The van der Waals surface area contributed by atoms with Crippen LogP contribution in [0.2, 0.25) is 0 Å². The van der Waals surface area contributed by atoms with Crippen molar-refractivity contribution >= 4 is 5.69 Å². The lowest BCUT2D eigenvalue weighted by molar-refractivity contribution is 0.134. The molecular formula is C15H24N2O. The number of nitrogens with zero attached hydrogens (tertiary/aromatic N) is 1. The van der Waals surface area contributed by atoms with Crippen molar-refractivity contribution in [1.29, 1.82) is 0 Å². The van der Waals surface area contributed by atoms with Gasteiger partial charge in [0.15, 0.2) is 0 Å². The molecule has 1 aromatic carbocycles. The number of hydrogen-bond donors (Lipinski definition) is 1. The molecule has 0 saturated heterocycles. The Morgan fingerprint density at radius 2 is 2.06 bits per heavy atom. The number of benzene rings is 1. The molecule has 100 valence electrons. The van der Waals surface area contributed by atoms with Crippen molar-refractivity contribution in [3.63, 3.8) is 0 Å². The second kappa shape index (κ2) is 5.61. The zero-order chi connectivity index (χ0) is 13.0. The van der Waals surface area contributed by atoms with Crippen LogP contribution in [0, 0.1) is 5.41 Å². The third-order valence-electron chi connectivity index (χ3n) is 4.32. The maximum Gasteiger partial charge on any atom is 0.142 e. The summed E-state index contributed by atoms with van der Waals surface area (Å²) in [5.41, 5.74) is 7.48. The number of rotatable bonds is 6. The van der Waals surface area contributed by atoms with Crippen molar-refractivity contribution in [2.75, 3.05) is 32.1 Å². The minimum atomic E-state index is 0.413. The van der Waals surface area contributed by atoms with Crippen LogP contribution in [0.25, 0.3) is 0 Å². The average molecular weight is 248 g/mol. The fraction of sp³-hybridized carbons (Fsp3) is 0.600. The minimum Gasteiger partial charge on any atom is -0.495 e. The van der Waals surface area contributed by atoms with Crippen LogP contribution in [0.15, 0.2) is 24.3 Å². The third kappa shape index (κ3) is 2.61. The Labute approximate surface area is 110 Å². The highest BCUT2D eigenvalue weighted by Gasteiger charge is 2.35. The van der Waals surface area contributed by atoms with Gasteiger partial charge < -0.3 is 15.4 Å². The fourth-order valence-corrected chi connectivity index (χ4v) is 2.70. The van der Waals surface area contributed by atoms with E-state index in [1.807, 2.05) is 12.1 Å². The second-order valence-corrected chi connectivity index (χ2v) is 5.40. The van der Waals surface area contributed by atoms with Crippen molar-refractivity contribution < 1.29 is 4.74 Å². The normalized spacial score (nSPS) is 17.1. The number of nitrogens with two attached hydrogens (primary N) is 1. The standard InChI is InChI=1S/C15H24N2O/c1-17(11-10-15(12-16)8-5-9-15)13-6-3-4-7-14(13)18-2/h3-4,6-7H,5,8-12,16H2,1-2H3. The van der Waals surface area contributed by atoms with Crippen LogP contribution in [0.4, 0.5) is 5.69 Å². The van der Waals surface area contributed by atoms with Crippen molar-refractivity contribution in [3.8, 4) is 5.75 Å². The molecule has 0 heterocycles. The molecule has 3 heteroatoms. The number of ether oxygens (including phenoxy) is 1. The van der Waals surface area contributed by atoms with E-state index in [9.17, 15) is 0 Å². The number of anilines is 1. The van der Waals surface area contributed by atoms with Gasteiger partial charge in [-0.15, -0.1) is 0 Å². The molecule has 2 rings (SSSR count). The lowest BCUT2D eigenvalue weighted by atomic mass is 9.66. The molecule has 3 nitrogen and oxygen atoms in total. The molecule has 0 unspecified atom stereocenters. The summed E-state index contributed by atoms with van der Waals surface area (Å²) in [5, 5.41) is 0. The molecule has 0 aliphatic heterocycles. The Kier molecular flexibility index (Phi) is 4.12. The van der Waals surface area contributed by atoms with Crippen LogP contribution in [-0.4, -0.2) is 27.2 Å². The van der Waals surface area contributed by atoms with Crippen LogP contribution < -0.4 is 15.4 Å². The lowest BCUT2D eigenvalue weighted by Gasteiger charge is -2.42. The zero-order valence-electron chi connectivity index (χ0n) is 11.5. The lowest BCUT2D eigenvalue weighted by Crippen LogP contribution is -2.40. The molecule has 2 N–H and O–H groups in total. The molecule has 0 amide bonds. The van der Waals surface area contributed by atoms with Gasteiger partial charge >= 0.3 is 0 Å². The van der Waals surface area contributed by atoms with Crippen molar-refractivity contribution in [3.05, 3.63) is 24.3 Å². The number of hydrogen-bond acceptors (Lipinski definition) is 3. The van der Waals surface area contributed by atoms with E-state index in [-0.39, 0.29) is 0 Å².